The summed E-state index contributed by atoms with van der Waals surface area (Å²) in [5, 5.41) is 11.8. The summed E-state index contributed by atoms with van der Waals surface area (Å²) in [4.78, 5) is 13.8. The molecule has 0 aliphatic carbocycles. The summed E-state index contributed by atoms with van der Waals surface area (Å²) in [6.07, 6.45) is 5.04. The highest BCUT2D eigenvalue weighted by atomic mass is 16.3. The summed E-state index contributed by atoms with van der Waals surface area (Å²) >= 11 is 0. The number of anilines is 1. The van der Waals surface area contributed by atoms with Crippen LogP contribution >= 0.6 is 0 Å². The molecule has 0 radical (unpaired) electrons. The van der Waals surface area contributed by atoms with E-state index in [9.17, 15) is 4.79 Å². The van der Waals surface area contributed by atoms with Crippen molar-refractivity contribution in [3.63, 3.8) is 0 Å². The highest BCUT2D eigenvalue weighted by molar-refractivity contribution is 5.91. The third kappa shape index (κ3) is 6.45. The Balaban J connectivity index is 2.46. The molecule has 0 aromatic heterocycles. The van der Waals surface area contributed by atoms with Gasteiger partial charge >= 0.3 is 0 Å². The average molecular weight is 290 g/mol. The molecule has 1 aromatic rings. The van der Waals surface area contributed by atoms with Crippen molar-refractivity contribution in [2.75, 3.05) is 32.1 Å². The monoisotopic (exact) mass is 290 g/mol. The Labute approximate surface area is 127 Å². The van der Waals surface area contributed by atoms with Crippen molar-refractivity contribution in [2.24, 2.45) is 5.92 Å². The summed E-state index contributed by atoms with van der Waals surface area (Å²) in [6.45, 7) is 2.84. The second-order valence-electron chi connectivity index (χ2n) is 5.35. The average Bonchev–Trinajstić information content (AvgIpc) is 2.49. The molecule has 4 heteroatoms. The van der Waals surface area contributed by atoms with Gasteiger partial charge in [0.05, 0.1) is 0 Å². The number of benzene rings is 1. The van der Waals surface area contributed by atoms with E-state index in [4.69, 9.17) is 5.11 Å². The van der Waals surface area contributed by atoms with Crippen molar-refractivity contribution < 1.29 is 9.90 Å². The molecule has 21 heavy (non-hydrogen) atoms. The van der Waals surface area contributed by atoms with E-state index in [1.807, 2.05) is 49.3 Å². The van der Waals surface area contributed by atoms with E-state index in [0.29, 0.717) is 12.5 Å². The molecule has 0 saturated carbocycles. The van der Waals surface area contributed by atoms with Crippen LogP contribution in [0.3, 0.4) is 0 Å². The Bertz CT molecular complexity index is 452. The van der Waals surface area contributed by atoms with Gasteiger partial charge in [-0.25, -0.2) is 0 Å². The van der Waals surface area contributed by atoms with Gasteiger partial charge in [0.25, 0.3) is 0 Å². The van der Waals surface area contributed by atoms with Crippen LogP contribution in [-0.4, -0.2) is 38.3 Å². The normalized spacial score (nSPS) is 12.4. The van der Waals surface area contributed by atoms with Crippen molar-refractivity contribution in [3.05, 3.63) is 35.9 Å². The number of hydrogen-bond acceptors (Lipinski definition) is 3. The first-order chi connectivity index (χ1) is 10.1. The molecular weight excluding hydrogens is 264 g/mol. The molecule has 0 bridgehead atoms. The lowest BCUT2D eigenvalue weighted by molar-refractivity contribution is -0.116. The maximum Gasteiger partial charge on any atom is 0.244 e. The molecule has 116 valence electrons. The second-order valence-corrected chi connectivity index (χ2v) is 5.35. The van der Waals surface area contributed by atoms with Gasteiger partial charge in [-0.15, -0.1) is 0 Å². The SMILES string of the molecule is CCC(CCO)CNC(=O)/C=C/c1ccc(N(C)C)cc1. The van der Waals surface area contributed by atoms with Crippen LogP contribution in [0.1, 0.15) is 25.3 Å². The fourth-order valence-corrected chi connectivity index (χ4v) is 1.99. The van der Waals surface area contributed by atoms with Crippen molar-refractivity contribution in [1.82, 2.24) is 5.32 Å². The third-order valence-electron chi connectivity index (χ3n) is 3.52. The summed E-state index contributed by atoms with van der Waals surface area (Å²) in [6, 6.07) is 8.01. The van der Waals surface area contributed by atoms with Gasteiger partial charge in [0.15, 0.2) is 0 Å². The highest BCUT2D eigenvalue weighted by Crippen LogP contribution is 2.13. The van der Waals surface area contributed by atoms with Crippen LogP contribution in [0.15, 0.2) is 30.3 Å². The van der Waals surface area contributed by atoms with Gasteiger partial charge in [-0.2, -0.15) is 0 Å². The standard InChI is InChI=1S/C17H26N2O2/c1-4-14(11-12-20)13-18-17(21)10-7-15-5-8-16(9-6-15)19(2)3/h5-10,14,20H,4,11-13H2,1-3H3,(H,18,21)/b10-7+. The number of carbonyl (C=O) groups is 1. The zero-order valence-corrected chi connectivity index (χ0v) is 13.2. The summed E-state index contributed by atoms with van der Waals surface area (Å²) in [5.41, 5.74) is 2.13. The number of nitrogens with one attached hydrogen (secondary N) is 1. The highest BCUT2D eigenvalue weighted by Gasteiger charge is 2.06. The van der Waals surface area contributed by atoms with Gasteiger partial charge in [-0.1, -0.05) is 25.5 Å². The van der Waals surface area contributed by atoms with E-state index < -0.39 is 0 Å². The molecule has 1 amide bonds. The van der Waals surface area contributed by atoms with Crippen molar-refractivity contribution >= 4 is 17.7 Å². The van der Waals surface area contributed by atoms with E-state index in [-0.39, 0.29) is 12.5 Å². The molecule has 0 aliphatic rings. The predicted molar refractivity (Wildman–Crippen MR) is 88.3 cm³/mol. The lowest BCUT2D eigenvalue weighted by atomic mass is 10.0. The Morgan fingerprint density at radius 3 is 2.52 bits per heavy atom. The predicted octanol–water partition coefficient (Wildman–Crippen LogP) is 2.29. The molecule has 4 nitrogen and oxygen atoms in total. The summed E-state index contributed by atoms with van der Waals surface area (Å²) < 4.78 is 0. The topological polar surface area (TPSA) is 52.6 Å². The van der Waals surface area contributed by atoms with Gasteiger partial charge in [0.1, 0.15) is 0 Å². The molecule has 2 N–H and O–H groups in total. The second kappa shape index (κ2) is 9.19. The minimum absolute atomic E-state index is 0.0944. The van der Waals surface area contributed by atoms with Crippen LogP contribution in [0.25, 0.3) is 6.08 Å². The molecule has 0 aliphatic heterocycles. The molecule has 0 saturated heterocycles. The Kier molecular flexibility index (Phi) is 7.54. The molecule has 1 atom stereocenters. The maximum absolute atomic E-state index is 11.7. The van der Waals surface area contributed by atoms with Crippen LogP contribution in [0, 0.1) is 5.92 Å². The quantitative estimate of drug-likeness (QED) is 0.722. The summed E-state index contributed by atoms with van der Waals surface area (Å²) in [5.74, 6) is 0.245. The third-order valence-corrected chi connectivity index (χ3v) is 3.52. The first-order valence-corrected chi connectivity index (χ1v) is 7.41. The van der Waals surface area contributed by atoms with Gasteiger partial charge in [0.2, 0.25) is 5.91 Å². The first kappa shape index (κ1) is 17.2. The molecule has 1 unspecified atom stereocenters. The fourth-order valence-electron chi connectivity index (χ4n) is 1.99. The molecule has 0 spiro atoms. The van der Waals surface area contributed by atoms with E-state index in [0.717, 1.165) is 24.1 Å². The number of amides is 1. The van der Waals surface area contributed by atoms with Crippen molar-refractivity contribution in [1.29, 1.82) is 0 Å². The van der Waals surface area contributed by atoms with E-state index >= 15 is 0 Å². The number of carbonyl (C=O) groups excluding carboxylic acids is 1. The molecular formula is C17H26N2O2. The van der Waals surface area contributed by atoms with Gasteiger partial charge in [0, 0.05) is 39.0 Å². The largest absolute Gasteiger partial charge is 0.396 e. The summed E-state index contributed by atoms with van der Waals surface area (Å²) in [7, 11) is 3.99. The molecule has 1 rings (SSSR count). The minimum atomic E-state index is -0.0944. The van der Waals surface area contributed by atoms with E-state index in [2.05, 4.69) is 12.2 Å². The van der Waals surface area contributed by atoms with Gasteiger partial charge in [-0.05, 0) is 36.1 Å². The molecule has 0 fully saturated rings. The maximum atomic E-state index is 11.7. The number of aliphatic hydroxyl groups excluding tert-OH is 1. The van der Waals surface area contributed by atoms with Crippen LogP contribution in [0.5, 0.6) is 0 Å². The van der Waals surface area contributed by atoms with Gasteiger partial charge < -0.3 is 15.3 Å². The number of hydrogen-bond donors (Lipinski definition) is 2. The Hall–Kier alpha value is -1.81. The number of rotatable bonds is 8. The first-order valence-electron chi connectivity index (χ1n) is 7.41. The van der Waals surface area contributed by atoms with Crippen molar-refractivity contribution in [3.8, 4) is 0 Å². The lowest BCUT2D eigenvalue weighted by Gasteiger charge is -2.13. The van der Waals surface area contributed by atoms with Crippen molar-refractivity contribution in [2.45, 2.75) is 19.8 Å². The smallest absolute Gasteiger partial charge is 0.244 e. The van der Waals surface area contributed by atoms with Gasteiger partial charge in [-0.3, -0.25) is 4.79 Å². The van der Waals surface area contributed by atoms with E-state index in [1.165, 1.54) is 0 Å². The Morgan fingerprint density at radius 2 is 2.00 bits per heavy atom. The number of aliphatic hydroxyl groups is 1. The lowest BCUT2D eigenvalue weighted by Crippen LogP contribution is -2.28. The zero-order chi connectivity index (χ0) is 15.7. The number of nitrogens with zero attached hydrogens (tertiary/aromatic N) is 1. The zero-order valence-electron chi connectivity index (χ0n) is 13.2. The fraction of sp³-hybridized carbons (Fsp3) is 0.471. The van der Waals surface area contributed by atoms with Crippen LogP contribution in [-0.2, 0) is 4.79 Å². The van der Waals surface area contributed by atoms with Crippen LogP contribution < -0.4 is 10.2 Å². The van der Waals surface area contributed by atoms with E-state index in [1.54, 1.807) is 6.08 Å². The molecule has 0 heterocycles. The Morgan fingerprint density at radius 1 is 1.33 bits per heavy atom. The van der Waals surface area contributed by atoms with Crippen LogP contribution in [0.4, 0.5) is 5.69 Å². The minimum Gasteiger partial charge on any atom is -0.396 e. The van der Waals surface area contributed by atoms with Crippen LogP contribution in [0.2, 0.25) is 0 Å². The molecule has 1 aromatic carbocycles.